The number of nitrogens with one attached hydrogen (secondary N) is 1. The second-order valence-corrected chi connectivity index (χ2v) is 10.4. The van der Waals surface area contributed by atoms with Crippen molar-refractivity contribution >= 4 is 23.2 Å². The molecule has 2 unspecified atom stereocenters. The molecule has 4 fully saturated rings. The highest BCUT2D eigenvalue weighted by atomic mass is 35.5. The fraction of sp³-hybridized carbons (Fsp3) is 0.714. The Morgan fingerprint density at radius 2 is 1.76 bits per heavy atom. The Hall–Kier alpha value is -0.440. The van der Waals surface area contributed by atoms with Crippen LogP contribution in [-0.2, 0) is 6.54 Å². The van der Waals surface area contributed by atoms with Gasteiger partial charge in [-0.2, -0.15) is 0 Å². The Balaban J connectivity index is 1.58. The number of rotatable bonds is 5. The molecule has 1 N–H and O–H groups in total. The van der Waals surface area contributed by atoms with Crippen LogP contribution in [0.1, 0.15) is 64.9 Å². The Morgan fingerprint density at radius 3 is 2.36 bits per heavy atom. The molecule has 4 atom stereocenters. The van der Waals surface area contributed by atoms with Crippen LogP contribution in [0, 0.1) is 16.7 Å². The van der Waals surface area contributed by atoms with Crippen LogP contribution in [-0.4, -0.2) is 12.1 Å². The highest BCUT2D eigenvalue weighted by Crippen LogP contribution is 2.66. The molecule has 4 saturated carbocycles. The molecular weight excluding hydrogens is 353 g/mol. The lowest BCUT2D eigenvalue weighted by Gasteiger charge is -2.65. The normalized spacial score (nSPS) is 39.0. The molecule has 2 nitrogen and oxygen atoms in total. The standard InChI is InChI=1S/C21H29Cl2NO/c1-4-25-18-15(5-16(22)6-17(18)23)10-24-21-9-14-7-19(2,12-21)11-20(3,8-14)13-21/h5-6,14,24H,4,7-13H2,1-3H3/t14?,19-,20+,21?. The van der Waals surface area contributed by atoms with Crippen LogP contribution >= 0.6 is 23.2 Å². The Morgan fingerprint density at radius 1 is 1.08 bits per heavy atom. The van der Waals surface area contributed by atoms with Crippen molar-refractivity contribution in [2.45, 2.75) is 71.4 Å². The van der Waals surface area contributed by atoms with Crippen molar-refractivity contribution in [1.82, 2.24) is 5.32 Å². The molecule has 0 aliphatic heterocycles. The molecule has 4 bridgehead atoms. The SMILES string of the molecule is CCOc1c(Cl)cc(Cl)cc1CNC12CC3C[C@@](C)(C1)C[C@](C)(C3)C2. The van der Waals surface area contributed by atoms with Gasteiger partial charge in [-0.05, 0) is 74.3 Å². The maximum absolute atomic E-state index is 6.38. The minimum Gasteiger partial charge on any atom is -0.492 e. The van der Waals surface area contributed by atoms with Crippen molar-refractivity contribution in [2.24, 2.45) is 16.7 Å². The van der Waals surface area contributed by atoms with E-state index in [1.54, 1.807) is 6.07 Å². The lowest BCUT2D eigenvalue weighted by atomic mass is 9.43. The van der Waals surface area contributed by atoms with Gasteiger partial charge in [-0.3, -0.25) is 0 Å². The predicted octanol–water partition coefficient (Wildman–Crippen LogP) is 6.23. The van der Waals surface area contributed by atoms with Crippen LogP contribution in [0.3, 0.4) is 0 Å². The van der Waals surface area contributed by atoms with E-state index in [0.717, 1.165) is 23.8 Å². The van der Waals surface area contributed by atoms with Gasteiger partial charge in [0, 0.05) is 22.7 Å². The van der Waals surface area contributed by atoms with Crippen LogP contribution in [0.15, 0.2) is 12.1 Å². The van der Waals surface area contributed by atoms with Gasteiger partial charge in [-0.15, -0.1) is 0 Å². The molecule has 4 aliphatic rings. The molecule has 1 aromatic rings. The minimum atomic E-state index is 0.265. The van der Waals surface area contributed by atoms with Gasteiger partial charge in [0.25, 0.3) is 0 Å². The summed E-state index contributed by atoms with van der Waals surface area (Å²) in [6.07, 6.45) is 8.14. The first-order chi connectivity index (χ1) is 11.7. The topological polar surface area (TPSA) is 21.3 Å². The third kappa shape index (κ3) is 3.31. The zero-order chi connectivity index (χ0) is 17.9. The second-order valence-electron chi connectivity index (χ2n) is 9.57. The number of halogens is 2. The molecule has 4 aliphatic carbocycles. The van der Waals surface area contributed by atoms with E-state index in [4.69, 9.17) is 27.9 Å². The maximum atomic E-state index is 6.38. The smallest absolute Gasteiger partial charge is 0.142 e. The molecule has 0 aromatic heterocycles. The van der Waals surface area contributed by atoms with E-state index in [1.807, 2.05) is 13.0 Å². The third-order valence-electron chi connectivity index (χ3n) is 6.65. The summed E-state index contributed by atoms with van der Waals surface area (Å²) in [5, 5.41) is 5.23. The van der Waals surface area contributed by atoms with E-state index in [1.165, 1.54) is 38.5 Å². The fourth-order valence-corrected chi connectivity index (χ4v) is 7.57. The van der Waals surface area contributed by atoms with E-state index in [-0.39, 0.29) is 5.54 Å². The first-order valence-corrected chi connectivity index (χ1v) is 10.4. The summed E-state index contributed by atoms with van der Waals surface area (Å²) in [7, 11) is 0. The molecule has 0 saturated heterocycles. The van der Waals surface area contributed by atoms with E-state index in [9.17, 15) is 0 Å². The average Bonchev–Trinajstić information content (AvgIpc) is 2.44. The zero-order valence-corrected chi connectivity index (χ0v) is 17.1. The second kappa shape index (κ2) is 6.04. The number of hydrogen-bond acceptors (Lipinski definition) is 2. The number of hydrogen-bond donors (Lipinski definition) is 1. The summed E-state index contributed by atoms with van der Waals surface area (Å²) >= 11 is 12.6. The average molecular weight is 382 g/mol. The summed E-state index contributed by atoms with van der Waals surface area (Å²) in [5.41, 5.74) is 2.36. The lowest BCUT2D eigenvalue weighted by molar-refractivity contribution is -0.118. The molecule has 0 amide bonds. The van der Waals surface area contributed by atoms with Crippen molar-refractivity contribution in [3.05, 3.63) is 27.7 Å². The number of ether oxygens (including phenoxy) is 1. The molecule has 0 radical (unpaired) electrons. The van der Waals surface area contributed by atoms with E-state index in [0.29, 0.717) is 27.5 Å². The quantitative estimate of drug-likeness (QED) is 0.652. The van der Waals surface area contributed by atoms with E-state index >= 15 is 0 Å². The summed E-state index contributed by atoms with van der Waals surface area (Å²) in [6.45, 7) is 8.39. The van der Waals surface area contributed by atoms with Crippen LogP contribution in [0.4, 0.5) is 0 Å². The predicted molar refractivity (Wildman–Crippen MR) is 105 cm³/mol. The van der Waals surface area contributed by atoms with Gasteiger partial charge < -0.3 is 10.1 Å². The first kappa shape index (κ1) is 17.9. The van der Waals surface area contributed by atoms with E-state index in [2.05, 4.69) is 19.2 Å². The summed E-state index contributed by atoms with van der Waals surface area (Å²) in [5.74, 6) is 1.66. The minimum absolute atomic E-state index is 0.265. The molecule has 25 heavy (non-hydrogen) atoms. The highest BCUT2D eigenvalue weighted by Gasteiger charge is 2.59. The molecule has 138 valence electrons. The summed E-state index contributed by atoms with van der Waals surface area (Å²) in [6, 6.07) is 3.76. The van der Waals surface area contributed by atoms with Gasteiger partial charge >= 0.3 is 0 Å². The van der Waals surface area contributed by atoms with Crippen molar-refractivity contribution in [1.29, 1.82) is 0 Å². The van der Waals surface area contributed by atoms with Gasteiger partial charge in [0.15, 0.2) is 0 Å². The fourth-order valence-electron chi connectivity index (χ4n) is 6.98. The third-order valence-corrected chi connectivity index (χ3v) is 7.15. The largest absolute Gasteiger partial charge is 0.492 e. The van der Waals surface area contributed by atoms with E-state index < -0.39 is 0 Å². The Labute approximate surface area is 161 Å². The summed E-state index contributed by atoms with van der Waals surface area (Å²) in [4.78, 5) is 0. The highest BCUT2D eigenvalue weighted by molar-refractivity contribution is 6.35. The van der Waals surface area contributed by atoms with Crippen LogP contribution in [0.25, 0.3) is 0 Å². The van der Waals surface area contributed by atoms with Crippen LogP contribution in [0.5, 0.6) is 5.75 Å². The molecular formula is C21H29Cl2NO. The molecule has 0 heterocycles. The van der Waals surface area contributed by atoms with Crippen LogP contribution < -0.4 is 10.1 Å². The maximum Gasteiger partial charge on any atom is 0.142 e. The first-order valence-electron chi connectivity index (χ1n) is 9.60. The lowest BCUT2D eigenvalue weighted by Crippen LogP contribution is -2.63. The molecule has 5 rings (SSSR count). The van der Waals surface area contributed by atoms with Gasteiger partial charge in [0.05, 0.1) is 11.6 Å². The van der Waals surface area contributed by atoms with Gasteiger partial charge in [-0.25, -0.2) is 0 Å². The molecule has 4 heteroatoms. The van der Waals surface area contributed by atoms with Crippen molar-refractivity contribution in [3.63, 3.8) is 0 Å². The Kier molecular flexibility index (Phi) is 4.34. The van der Waals surface area contributed by atoms with Crippen molar-refractivity contribution in [2.75, 3.05) is 6.61 Å². The number of benzene rings is 1. The van der Waals surface area contributed by atoms with Crippen LogP contribution in [0.2, 0.25) is 10.0 Å². The van der Waals surface area contributed by atoms with Gasteiger partial charge in [0.2, 0.25) is 0 Å². The van der Waals surface area contributed by atoms with Crippen molar-refractivity contribution < 1.29 is 4.74 Å². The summed E-state index contributed by atoms with van der Waals surface area (Å²) < 4.78 is 5.80. The molecule has 1 aromatic carbocycles. The zero-order valence-electron chi connectivity index (χ0n) is 15.6. The van der Waals surface area contributed by atoms with Crippen molar-refractivity contribution in [3.8, 4) is 5.75 Å². The monoisotopic (exact) mass is 381 g/mol. The Bertz CT molecular complexity index is 671. The van der Waals surface area contributed by atoms with Gasteiger partial charge in [-0.1, -0.05) is 37.0 Å². The van der Waals surface area contributed by atoms with Gasteiger partial charge in [0.1, 0.15) is 5.75 Å². The molecule has 0 spiro atoms.